The van der Waals surface area contributed by atoms with Crippen LogP contribution < -0.4 is 0 Å². The Morgan fingerprint density at radius 3 is 2.27 bits per heavy atom. The van der Waals surface area contributed by atoms with Crippen LogP contribution in [0.25, 0.3) is 0 Å². The van der Waals surface area contributed by atoms with Crippen molar-refractivity contribution in [3.8, 4) is 0 Å². The summed E-state index contributed by atoms with van der Waals surface area (Å²) in [6.07, 6.45) is 4.32. The maximum atomic E-state index is 7.25. The van der Waals surface area contributed by atoms with Gasteiger partial charge in [-0.2, -0.15) is 0 Å². The van der Waals surface area contributed by atoms with E-state index in [9.17, 15) is 0 Å². The number of hydrogen-bond donors (Lipinski definition) is 1. The lowest BCUT2D eigenvalue weighted by Crippen LogP contribution is -2.45. The zero-order valence-electron chi connectivity index (χ0n) is 7.46. The molecule has 1 saturated heterocycles. The normalized spacial score (nSPS) is 26.5. The van der Waals surface area contributed by atoms with Gasteiger partial charge in [-0.15, -0.1) is 0 Å². The molecule has 0 bridgehead atoms. The SMILES string of the molecule is CCCC1CC(C)(C)O1.[O]O. The summed E-state index contributed by atoms with van der Waals surface area (Å²) >= 11 is 0. The van der Waals surface area contributed by atoms with Gasteiger partial charge in [-0.3, -0.25) is 0 Å². The van der Waals surface area contributed by atoms with Gasteiger partial charge in [0.25, 0.3) is 0 Å². The van der Waals surface area contributed by atoms with Crippen LogP contribution in [0, 0.1) is 0 Å². The van der Waals surface area contributed by atoms with Gasteiger partial charge in [0.2, 0.25) is 0 Å². The molecule has 0 saturated carbocycles. The van der Waals surface area contributed by atoms with Crippen molar-refractivity contribution in [2.45, 2.75) is 51.7 Å². The Balaban J connectivity index is 0.000000461. The third-order valence-electron chi connectivity index (χ3n) is 1.82. The molecule has 1 aliphatic rings. The fourth-order valence-electron chi connectivity index (χ4n) is 1.47. The average Bonchev–Trinajstić information content (AvgIpc) is 1.89. The smallest absolute Gasteiger partial charge is 0.0655 e. The summed E-state index contributed by atoms with van der Waals surface area (Å²) in [6, 6.07) is 0. The quantitative estimate of drug-likeness (QED) is 0.498. The Morgan fingerprint density at radius 1 is 1.55 bits per heavy atom. The largest absolute Gasteiger partial charge is 0.372 e. The highest BCUT2D eigenvalue weighted by molar-refractivity contribution is 4.84. The lowest BCUT2D eigenvalue weighted by Gasteiger charge is -2.43. The first kappa shape index (κ1) is 10.9. The van der Waals surface area contributed by atoms with Crippen molar-refractivity contribution < 1.29 is 15.3 Å². The molecule has 3 nitrogen and oxygen atoms in total. The van der Waals surface area contributed by atoms with Crippen molar-refractivity contribution in [2.24, 2.45) is 0 Å². The van der Waals surface area contributed by atoms with Crippen LogP contribution in [-0.4, -0.2) is 17.0 Å². The summed E-state index contributed by atoms with van der Waals surface area (Å²) in [6.45, 7) is 6.51. The van der Waals surface area contributed by atoms with Gasteiger partial charge in [-0.25, -0.2) is 5.26 Å². The average molecular weight is 161 g/mol. The lowest BCUT2D eigenvalue weighted by molar-refractivity contribution is -0.247. The molecule has 0 aromatic heterocycles. The summed E-state index contributed by atoms with van der Waals surface area (Å²) in [7, 11) is 0. The van der Waals surface area contributed by atoms with Crippen LogP contribution in [0.5, 0.6) is 0 Å². The number of rotatable bonds is 2. The van der Waals surface area contributed by atoms with Crippen molar-refractivity contribution >= 4 is 0 Å². The third-order valence-corrected chi connectivity index (χ3v) is 1.82. The van der Waals surface area contributed by atoms with Gasteiger partial charge in [-0.1, -0.05) is 13.3 Å². The van der Waals surface area contributed by atoms with E-state index >= 15 is 0 Å². The minimum Gasteiger partial charge on any atom is -0.372 e. The maximum absolute atomic E-state index is 7.25. The van der Waals surface area contributed by atoms with Gasteiger partial charge in [-0.05, 0) is 25.5 Å². The molecule has 1 radical (unpaired) electrons. The highest BCUT2D eigenvalue weighted by atomic mass is 17.0. The zero-order chi connectivity index (χ0) is 8.91. The molecule has 0 aliphatic carbocycles. The van der Waals surface area contributed by atoms with Gasteiger partial charge in [0, 0.05) is 6.42 Å². The molecular formula is C8H17O3. The molecule has 1 rings (SSSR count). The van der Waals surface area contributed by atoms with Gasteiger partial charge in [0.1, 0.15) is 0 Å². The van der Waals surface area contributed by atoms with Crippen LogP contribution in [0.4, 0.5) is 0 Å². The topological polar surface area (TPSA) is 49.4 Å². The predicted octanol–water partition coefficient (Wildman–Crippen LogP) is 2.24. The van der Waals surface area contributed by atoms with Crippen molar-refractivity contribution in [3.05, 3.63) is 0 Å². The molecule has 0 amide bonds. The Kier molecular flexibility index (Phi) is 4.65. The second-order valence-corrected chi connectivity index (χ2v) is 3.49. The summed E-state index contributed by atoms with van der Waals surface area (Å²) in [5, 5.41) is 13.0. The van der Waals surface area contributed by atoms with E-state index in [4.69, 9.17) is 15.3 Å². The van der Waals surface area contributed by atoms with E-state index in [0.717, 1.165) is 0 Å². The molecule has 0 spiro atoms. The van der Waals surface area contributed by atoms with Crippen molar-refractivity contribution in [1.82, 2.24) is 0 Å². The Bertz CT molecular complexity index is 93.5. The molecule has 3 heteroatoms. The van der Waals surface area contributed by atoms with Crippen LogP contribution >= 0.6 is 0 Å². The van der Waals surface area contributed by atoms with E-state index < -0.39 is 0 Å². The molecule has 11 heavy (non-hydrogen) atoms. The van der Waals surface area contributed by atoms with E-state index in [0.29, 0.717) is 6.10 Å². The van der Waals surface area contributed by atoms with E-state index in [1.165, 1.54) is 19.3 Å². The Labute approximate surface area is 67.9 Å². The first-order valence-corrected chi connectivity index (χ1v) is 4.00. The van der Waals surface area contributed by atoms with Gasteiger partial charge in [0.15, 0.2) is 0 Å². The summed E-state index contributed by atoms with van der Waals surface area (Å²) in [5.41, 5.74) is 0.194. The standard InChI is InChI=1S/C8H16O.HO2/c1-4-5-7-6-8(2,3)9-7;1-2/h7H,4-6H2,1-3H3;1H. The van der Waals surface area contributed by atoms with Crippen LogP contribution in [0.1, 0.15) is 40.0 Å². The van der Waals surface area contributed by atoms with E-state index in [-0.39, 0.29) is 5.60 Å². The van der Waals surface area contributed by atoms with Crippen molar-refractivity contribution in [3.63, 3.8) is 0 Å². The highest BCUT2D eigenvalue weighted by Gasteiger charge is 2.35. The Morgan fingerprint density at radius 2 is 2.00 bits per heavy atom. The fraction of sp³-hybridized carbons (Fsp3) is 1.00. The first-order valence-electron chi connectivity index (χ1n) is 4.00. The molecule has 1 aliphatic heterocycles. The summed E-state index contributed by atoms with van der Waals surface area (Å²) in [4.78, 5) is 0. The second kappa shape index (κ2) is 4.70. The van der Waals surface area contributed by atoms with Crippen LogP contribution in [0.3, 0.4) is 0 Å². The predicted molar refractivity (Wildman–Crippen MR) is 41.8 cm³/mol. The number of hydrogen-bond acceptors (Lipinski definition) is 2. The van der Waals surface area contributed by atoms with E-state index in [1.807, 2.05) is 0 Å². The molecule has 1 N–H and O–H groups in total. The molecule has 1 heterocycles. The second-order valence-electron chi connectivity index (χ2n) is 3.49. The lowest BCUT2D eigenvalue weighted by atomic mass is 9.91. The summed E-state index contributed by atoms with van der Waals surface area (Å²) in [5.74, 6) is 0. The fourth-order valence-corrected chi connectivity index (χ4v) is 1.47. The Hall–Kier alpha value is -0.120. The van der Waals surface area contributed by atoms with Crippen LogP contribution in [0.2, 0.25) is 0 Å². The van der Waals surface area contributed by atoms with Crippen LogP contribution in [0.15, 0.2) is 0 Å². The zero-order valence-corrected chi connectivity index (χ0v) is 7.46. The van der Waals surface area contributed by atoms with Gasteiger partial charge < -0.3 is 4.74 Å². The minimum absolute atomic E-state index is 0.194. The maximum Gasteiger partial charge on any atom is 0.0655 e. The van der Waals surface area contributed by atoms with E-state index in [1.54, 1.807) is 0 Å². The van der Waals surface area contributed by atoms with Gasteiger partial charge in [0.05, 0.1) is 11.7 Å². The highest BCUT2D eigenvalue weighted by Crippen LogP contribution is 2.33. The van der Waals surface area contributed by atoms with Crippen molar-refractivity contribution in [2.75, 3.05) is 0 Å². The monoisotopic (exact) mass is 161 g/mol. The van der Waals surface area contributed by atoms with Gasteiger partial charge >= 0.3 is 0 Å². The van der Waals surface area contributed by atoms with E-state index in [2.05, 4.69) is 20.8 Å². The molecule has 1 atom stereocenters. The minimum atomic E-state index is 0.194. The summed E-state index contributed by atoms with van der Waals surface area (Å²) < 4.78 is 5.57. The molecule has 0 aromatic rings. The molecule has 67 valence electrons. The molecular weight excluding hydrogens is 144 g/mol. The third kappa shape index (κ3) is 3.70. The molecule has 1 unspecified atom stereocenters. The van der Waals surface area contributed by atoms with Crippen molar-refractivity contribution in [1.29, 1.82) is 0 Å². The molecule has 0 aromatic carbocycles. The molecule has 1 fully saturated rings. The first-order chi connectivity index (χ1) is 5.14. The number of ether oxygens (including phenoxy) is 1. The van der Waals surface area contributed by atoms with Crippen LogP contribution in [-0.2, 0) is 9.99 Å².